The maximum Gasteiger partial charge on any atom is 0.244 e. The Morgan fingerprint density at radius 3 is 2.20 bits per heavy atom. The van der Waals surface area contributed by atoms with Crippen LogP contribution in [-0.4, -0.2) is 57.6 Å². The van der Waals surface area contributed by atoms with Crippen molar-refractivity contribution in [2.24, 2.45) is 0 Å². The molecule has 0 saturated heterocycles. The molecule has 12 heteroatoms. The molecule has 0 fully saturated rings. The summed E-state index contributed by atoms with van der Waals surface area (Å²) in [6, 6.07) is 8.71. The van der Waals surface area contributed by atoms with Crippen molar-refractivity contribution in [2.45, 2.75) is 32.9 Å². The standard InChI is InChI=1S/C23H28Cl3N3O5S/c1-5-10-27-23(31)15(2)28(13-16-6-8-17(34-3)9-7-16)22(30)14-29(35(4,32)33)21-12-19(25)18(24)11-20(21)26/h6-9,11-12,15H,5,10,13-14H2,1-4H3,(H,27,31). The third-order valence-electron chi connectivity index (χ3n) is 5.17. The van der Waals surface area contributed by atoms with E-state index >= 15 is 0 Å². The molecule has 1 unspecified atom stereocenters. The van der Waals surface area contributed by atoms with E-state index in [1.54, 1.807) is 38.3 Å². The van der Waals surface area contributed by atoms with Gasteiger partial charge in [0.1, 0.15) is 18.3 Å². The van der Waals surface area contributed by atoms with E-state index in [1.807, 2.05) is 6.92 Å². The molecule has 0 aliphatic heterocycles. The fourth-order valence-electron chi connectivity index (χ4n) is 3.20. The number of halogens is 3. The zero-order valence-electron chi connectivity index (χ0n) is 19.8. The van der Waals surface area contributed by atoms with E-state index in [0.717, 1.165) is 22.5 Å². The molecule has 0 aliphatic rings. The Bertz CT molecular complexity index is 1160. The van der Waals surface area contributed by atoms with Crippen LogP contribution in [0.5, 0.6) is 5.75 Å². The quantitative estimate of drug-likeness (QED) is 0.409. The highest BCUT2D eigenvalue weighted by atomic mass is 35.5. The summed E-state index contributed by atoms with van der Waals surface area (Å²) in [5.74, 6) is -0.322. The fraction of sp³-hybridized carbons (Fsp3) is 0.391. The molecule has 35 heavy (non-hydrogen) atoms. The summed E-state index contributed by atoms with van der Waals surface area (Å²) in [5, 5.41) is 3.00. The minimum Gasteiger partial charge on any atom is -0.497 e. The van der Waals surface area contributed by atoms with Crippen LogP contribution >= 0.6 is 34.8 Å². The summed E-state index contributed by atoms with van der Waals surface area (Å²) in [7, 11) is -2.42. The van der Waals surface area contributed by atoms with Crippen molar-refractivity contribution < 1.29 is 22.7 Å². The number of carbonyl (C=O) groups is 2. The maximum atomic E-state index is 13.5. The molecular formula is C23H28Cl3N3O5S. The van der Waals surface area contributed by atoms with Gasteiger partial charge in [0.2, 0.25) is 21.8 Å². The predicted molar refractivity (Wildman–Crippen MR) is 140 cm³/mol. The number of nitrogens with zero attached hydrogens (tertiary/aromatic N) is 2. The van der Waals surface area contributed by atoms with E-state index in [9.17, 15) is 18.0 Å². The first-order chi connectivity index (χ1) is 16.4. The number of hydrogen-bond acceptors (Lipinski definition) is 5. The highest BCUT2D eigenvalue weighted by molar-refractivity contribution is 7.92. The van der Waals surface area contributed by atoms with Crippen molar-refractivity contribution in [3.05, 3.63) is 57.0 Å². The molecule has 2 rings (SSSR count). The first-order valence-corrected chi connectivity index (χ1v) is 13.7. The number of hydrogen-bond donors (Lipinski definition) is 1. The number of anilines is 1. The highest BCUT2D eigenvalue weighted by Gasteiger charge is 2.31. The molecule has 1 atom stereocenters. The fourth-order valence-corrected chi connectivity index (χ4v) is 4.75. The van der Waals surface area contributed by atoms with Gasteiger partial charge in [-0.15, -0.1) is 0 Å². The molecule has 0 saturated carbocycles. The lowest BCUT2D eigenvalue weighted by molar-refractivity contribution is -0.139. The van der Waals surface area contributed by atoms with E-state index < -0.39 is 28.5 Å². The number of benzene rings is 2. The van der Waals surface area contributed by atoms with Gasteiger partial charge in [-0.05, 0) is 43.2 Å². The van der Waals surface area contributed by atoms with Crippen molar-refractivity contribution in [2.75, 3.05) is 30.8 Å². The molecule has 0 aliphatic carbocycles. The molecule has 192 valence electrons. The second-order valence-corrected chi connectivity index (χ2v) is 11.0. The van der Waals surface area contributed by atoms with E-state index in [-0.39, 0.29) is 33.2 Å². The molecule has 1 N–H and O–H groups in total. The minimum absolute atomic E-state index is 0.00408. The molecule has 0 heterocycles. The number of nitrogens with one attached hydrogen (secondary N) is 1. The van der Waals surface area contributed by atoms with Crippen LogP contribution in [-0.2, 0) is 26.2 Å². The molecule has 0 bridgehead atoms. The van der Waals surface area contributed by atoms with E-state index in [1.165, 1.54) is 17.0 Å². The predicted octanol–water partition coefficient (Wildman–Crippen LogP) is 4.36. The number of carbonyl (C=O) groups excluding carboxylic acids is 2. The van der Waals surface area contributed by atoms with Gasteiger partial charge in [-0.2, -0.15) is 0 Å². The van der Waals surface area contributed by atoms with E-state index in [4.69, 9.17) is 39.5 Å². The number of amides is 2. The Morgan fingerprint density at radius 2 is 1.66 bits per heavy atom. The van der Waals surface area contributed by atoms with Gasteiger partial charge in [0.05, 0.1) is 34.1 Å². The monoisotopic (exact) mass is 563 g/mol. The van der Waals surface area contributed by atoms with Gasteiger partial charge in [-0.1, -0.05) is 53.9 Å². The molecule has 2 amide bonds. The number of methoxy groups -OCH3 is 1. The summed E-state index contributed by atoms with van der Waals surface area (Å²) in [4.78, 5) is 27.5. The summed E-state index contributed by atoms with van der Waals surface area (Å²) in [6.45, 7) is 3.41. The lowest BCUT2D eigenvalue weighted by Gasteiger charge is -2.31. The van der Waals surface area contributed by atoms with E-state index in [2.05, 4.69) is 5.32 Å². The second kappa shape index (κ2) is 12.7. The Hall–Kier alpha value is -2.20. The molecular weight excluding hydrogens is 537 g/mol. The molecule has 8 nitrogen and oxygen atoms in total. The van der Waals surface area contributed by atoms with Crippen molar-refractivity contribution >= 4 is 62.3 Å². The van der Waals surface area contributed by atoms with Crippen LogP contribution in [0, 0.1) is 0 Å². The third kappa shape index (κ3) is 7.90. The van der Waals surface area contributed by atoms with Crippen molar-refractivity contribution in [1.29, 1.82) is 0 Å². The summed E-state index contributed by atoms with van der Waals surface area (Å²) >= 11 is 18.3. The zero-order valence-corrected chi connectivity index (χ0v) is 22.9. The Labute approximate surface area is 221 Å². The van der Waals surface area contributed by atoms with E-state index in [0.29, 0.717) is 12.3 Å². The van der Waals surface area contributed by atoms with Crippen LogP contribution in [0.15, 0.2) is 36.4 Å². The van der Waals surface area contributed by atoms with Crippen molar-refractivity contribution in [1.82, 2.24) is 10.2 Å². The largest absolute Gasteiger partial charge is 0.497 e. The number of rotatable bonds is 11. The first kappa shape index (κ1) is 29.0. The van der Waals surface area contributed by atoms with Crippen LogP contribution in [0.4, 0.5) is 5.69 Å². The van der Waals surface area contributed by atoms with Crippen LogP contribution < -0.4 is 14.4 Å². The molecule has 0 aromatic heterocycles. The second-order valence-electron chi connectivity index (χ2n) is 7.82. The summed E-state index contributed by atoms with van der Waals surface area (Å²) in [5.41, 5.74) is 0.733. The van der Waals surface area contributed by atoms with Gasteiger partial charge in [0.25, 0.3) is 0 Å². The maximum absolute atomic E-state index is 13.5. The number of sulfonamides is 1. The van der Waals surface area contributed by atoms with Gasteiger partial charge < -0.3 is 15.0 Å². The van der Waals surface area contributed by atoms with Crippen LogP contribution in [0.25, 0.3) is 0 Å². The van der Waals surface area contributed by atoms with Gasteiger partial charge in [-0.25, -0.2) is 8.42 Å². The smallest absolute Gasteiger partial charge is 0.244 e. The van der Waals surface area contributed by atoms with Crippen LogP contribution in [0.1, 0.15) is 25.8 Å². The molecule has 0 radical (unpaired) electrons. The van der Waals surface area contributed by atoms with Crippen molar-refractivity contribution in [3.63, 3.8) is 0 Å². The first-order valence-electron chi connectivity index (χ1n) is 10.7. The average molecular weight is 565 g/mol. The van der Waals surface area contributed by atoms with Gasteiger partial charge in [-0.3, -0.25) is 13.9 Å². The topological polar surface area (TPSA) is 96.0 Å². The van der Waals surface area contributed by atoms with Gasteiger partial charge >= 0.3 is 0 Å². The minimum atomic E-state index is -3.96. The normalized spacial score (nSPS) is 12.1. The lowest BCUT2D eigenvalue weighted by atomic mass is 10.1. The average Bonchev–Trinajstić information content (AvgIpc) is 2.81. The van der Waals surface area contributed by atoms with Gasteiger partial charge in [0.15, 0.2) is 0 Å². The van der Waals surface area contributed by atoms with Crippen LogP contribution in [0.2, 0.25) is 15.1 Å². The lowest BCUT2D eigenvalue weighted by Crippen LogP contribution is -2.51. The Kier molecular flexibility index (Phi) is 10.5. The summed E-state index contributed by atoms with van der Waals surface area (Å²) in [6.07, 6.45) is 1.67. The zero-order chi connectivity index (χ0) is 26.3. The third-order valence-corrected chi connectivity index (χ3v) is 7.32. The number of ether oxygens (including phenoxy) is 1. The molecule has 2 aromatic rings. The molecule has 0 spiro atoms. The van der Waals surface area contributed by atoms with Gasteiger partial charge in [0, 0.05) is 13.1 Å². The molecule has 2 aromatic carbocycles. The highest BCUT2D eigenvalue weighted by Crippen LogP contribution is 2.35. The van der Waals surface area contributed by atoms with Crippen LogP contribution in [0.3, 0.4) is 0 Å². The Balaban J connectivity index is 2.43. The van der Waals surface area contributed by atoms with Crippen molar-refractivity contribution in [3.8, 4) is 5.75 Å². The summed E-state index contributed by atoms with van der Waals surface area (Å²) < 4.78 is 31.3. The SMILES string of the molecule is CCCNC(=O)C(C)N(Cc1ccc(OC)cc1)C(=O)CN(c1cc(Cl)c(Cl)cc1Cl)S(C)(=O)=O. The Morgan fingerprint density at radius 1 is 1.06 bits per heavy atom.